The lowest BCUT2D eigenvalue weighted by atomic mass is 10.1. The molecule has 0 saturated carbocycles. The third-order valence-corrected chi connectivity index (χ3v) is 4.67. The van der Waals surface area contributed by atoms with Crippen LogP contribution >= 0.6 is 0 Å². The number of fused-ring (bicyclic) bond motifs is 1. The molecular weight excluding hydrogens is 462 g/mol. The van der Waals surface area contributed by atoms with Crippen LogP contribution in [0.25, 0.3) is 16.6 Å². The van der Waals surface area contributed by atoms with Gasteiger partial charge >= 0.3 is 6.09 Å². The van der Waals surface area contributed by atoms with Crippen LogP contribution in [0, 0.1) is 23.7 Å². The summed E-state index contributed by atoms with van der Waals surface area (Å²) in [7, 11) is 0. The zero-order chi connectivity index (χ0) is 26.1. The van der Waals surface area contributed by atoms with E-state index in [1.54, 1.807) is 49.8 Å². The van der Waals surface area contributed by atoms with Gasteiger partial charge in [-0.2, -0.15) is 10.4 Å². The van der Waals surface area contributed by atoms with E-state index in [1.165, 1.54) is 6.20 Å². The van der Waals surface area contributed by atoms with Crippen LogP contribution < -0.4 is 20.7 Å². The van der Waals surface area contributed by atoms with Crippen molar-refractivity contribution in [3.8, 4) is 35.3 Å². The number of nitrogens with zero attached hydrogens (tertiary/aromatic N) is 4. The molecule has 0 saturated heterocycles. The lowest BCUT2D eigenvalue weighted by molar-refractivity contribution is -0.115. The summed E-state index contributed by atoms with van der Waals surface area (Å²) in [5.74, 6) is 2.63. The number of carbonyl (C=O) groups excluding carboxylic acids is 2. The van der Waals surface area contributed by atoms with Crippen molar-refractivity contribution in [2.24, 2.45) is 0 Å². The number of pyridine rings is 2. The van der Waals surface area contributed by atoms with Crippen LogP contribution in [-0.4, -0.2) is 58.4 Å². The highest BCUT2D eigenvalue weighted by Crippen LogP contribution is 2.30. The quantitative estimate of drug-likeness (QED) is 0.307. The summed E-state index contributed by atoms with van der Waals surface area (Å²) in [6, 6.07) is 7.59. The highest BCUT2D eigenvalue weighted by molar-refractivity contribution is 5.92. The molecule has 11 nitrogen and oxygen atoms in total. The van der Waals surface area contributed by atoms with Crippen molar-refractivity contribution >= 4 is 23.3 Å². The van der Waals surface area contributed by atoms with E-state index in [1.807, 2.05) is 12.0 Å². The molecule has 36 heavy (non-hydrogen) atoms. The minimum atomic E-state index is -0.583. The van der Waals surface area contributed by atoms with Crippen LogP contribution in [0.1, 0.15) is 26.3 Å². The van der Waals surface area contributed by atoms with Gasteiger partial charge in [-0.05, 0) is 44.9 Å². The number of nitrogens with one attached hydrogen (secondary N) is 3. The molecular formula is C25H27N7O4. The van der Waals surface area contributed by atoms with E-state index in [4.69, 9.17) is 15.9 Å². The Morgan fingerprint density at radius 3 is 2.64 bits per heavy atom. The summed E-state index contributed by atoms with van der Waals surface area (Å²) in [4.78, 5) is 27.3. The molecule has 0 aliphatic heterocycles. The van der Waals surface area contributed by atoms with Crippen LogP contribution in [0.15, 0.2) is 36.8 Å². The van der Waals surface area contributed by atoms with E-state index in [0.29, 0.717) is 41.3 Å². The SMILES string of the molecule is C#CC(=O)NCCNc1ccc(-c2cc(OCCNC(=O)OC(C)(C)C)cn3ncc(C#N)c23)cn1. The Morgan fingerprint density at radius 1 is 1.17 bits per heavy atom. The third kappa shape index (κ3) is 7.11. The van der Waals surface area contributed by atoms with Crippen LogP contribution in [0.2, 0.25) is 0 Å². The molecule has 3 aromatic rings. The van der Waals surface area contributed by atoms with Gasteiger partial charge in [0.05, 0.1) is 30.0 Å². The van der Waals surface area contributed by atoms with Crippen LogP contribution in [0.5, 0.6) is 5.75 Å². The summed E-state index contributed by atoms with van der Waals surface area (Å²) in [6.45, 7) is 6.62. The number of hydrogen-bond donors (Lipinski definition) is 3. The number of nitriles is 1. The van der Waals surface area contributed by atoms with Crippen LogP contribution in [0.4, 0.5) is 10.6 Å². The number of terminal acetylenes is 1. The van der Waals surface area contributed by atoms with Gasteiger partial charge in [0.15, 0.2) is 0 Å². The summed E-state index contributed by atoms with van der Waals surface area (Å²) >= 11 is 0. The Morgan fingerprint density at radius 2 is 1.97 bits per heavy atom. The van der Waals surface area contributed by atoms with Gasteiger partial charge in [-0.3, -0.25) is 4.79 Å². The van der Waals surface area contributed by atoms with Gasteiger partial charge in [0.2, 0.25) is 0 Å². The predicted molar refractivity (Wildman–Crippen MR) is 133 cm³/mol. The molecule has 3 aromatic heterocycles. The largest absolute Gasteiger partial charge is 0.490 e. The summed E-state index contributed by atoms with van der Waals surface area (Å²) in [5, 5.41) is 22.1. The fourth-order valence-corrected chi connectivity index (χ4v) is 3.19. The lowest BCUT2D eigenvalue weighted by Gasteiger charge is -2.19. The average Bonchev–Trinajstić information content (AvgIpc) is 3.26. The number of aromatic nitrogens is 3. The highest BCUT2D eigenvalue weighted by Gasteiger charge is 2.16. The first-order valence-electron chi connectivity index (χ1n) is 11.2. The minimum absolute atomic E-state index is 0.202. The first-order valence-corrected chi connectivity index (χ1v) is 11.2. The zero-order valence-electron chi connectivity index (χ0n) is 20.3. The molecule has 0 aromatic carbocycles. The Bertz CT molecular complexity index is 1310. The second kappa shape index (κ2) is 11.6. The maximum atomic E-state index is 11.8. The standard InChI is InChI=1S/C25H27N7O4/c1-5-22(33)28-9-8-27-21-7-6-17(14-30-21)20-12-19(16-32-23(20)18(13-26)15-31-32)35-11-10-29-24(34)36-25(2,3)4/h1,6-7,12,14-16H,8-11H2,2-4H3,(H,27,30)(H,28,33)(H,29,34). The second-order valence-corrected chi connectivity index (χ2v) is 8.59. The molecule has 3 N–H and O–H groups in total. The van der Waals surface area contributed by atoms with E-state index in [2.05, 4.69) is 32.1 Å². The van der Waals surface area contributed by atoms with Crippen LogP contribution in [-0.2, 0) is 9.53 Å². The summed E-state index contributed by atoms with van der Waals surface area (Å²) in [5.41, 5.74) is 1.91. The van der Waals surface area contributed by atoms with Crippen molar-refractivity contribution in [1.82, 2.24) is 25.2 Å². The van der Waals surface area contributed by atoms with Crippen molar-refractivity contribution in [3.63, 3.8) is 0 Å². The number of rotatable bonds is 9. The number of amides is 2. The summed E-state index contributed by atoms with van der Waals surface area (Å²) < 4.78 is 12.6. The topological polar surface area (TPSA) is 143 Å². The third-order valence-electron chi connectivity index (χ3n) is 4.67. The zero-order valence-corrected chi connectivity index (χ0v) is 20.3. The maximum Gasteiger partial charge on any atom is 0.407 e. The number of anilines is 1. The fraction of sp³-hybridized carbons (Fsp3) is 0.320. The molecule has 186 valence electrons. The van der Waals surface area contributed by atoms with Gasteiger partial charge in [0, 0.05) is 30.4 Å². The lowest BCUT2D eigenvalue weighted by Crippen LogP contribution is -2.34. The van der Waals surface area contributed by atoms with E-state index in [0.717, 1.165) is 5.56 Å². The summed E-state index contributed by atoms with van der Waals surface area (Å²) in [6.07, 6.45) is 9.31. The molecule has 3 rings (SSSR count). The van der Waals surface area contributed by atoms with Crippen molar-refractivity contribution in [1.29, 1.82) is 5.26 Å². The van der Waals surface area contributed by atoms with Gasteiger partial charge in [0.1, 0.15) is 29.8 Å². The molecule has 0 unspecified atom stereocenters. The highest BCUT2D eigenvalue weighted by atomic mass is 16.6. The average molecular weight is 490 g/mol. The fourth-order valence-electron chi connectivity index (χ4n) is 3.19. The van der Waals surface area contributed by atoms with Crippen molar-refractivity contribution < 1.29 is 19.1 Å². The molecule has 0 aliphatic carbocycles. The maximum absolute atomic E-state index is 11.8. The molecule has 0 radical (unpaired) electrons. The van der Waals surface area contributed by atoms with E-state index in [-0.39, 0.29) is 13.2 Å². The molecule has 0 spiro atoms. The smallest absolute Gasteiger partial charge is 0.407 e. The Balaban J connectivity index is 1.71. The van der Waals surface area contributed by atoms with Crippen molar-refractivity contribution in [2.75, 3.05) is 31.6 Å². The number of carbonyl (C=O) groups is 2. The molecule has 0 fully saturated rings. The first-order chi connectivity index (χ1) is 17.2. The minimum Gasteiger partial charge on any atom is -0.490 e. The number of hydrogen-bond acceptors (Lipinski definition) is 8. The van der Waals surface area contributed by atoms with E-state index >= 15 is 0 Å². The molecule has 2 amide bonds. The van der Waals surface area contributed by atoms with Gasteiger partial charge < -0.3 is 25.4 Å². The second-order valence-electron chi connectivity index (χ2n) is 8.59. The first kappa shape index (κ1) is 25.8. The predicted octanol–water partition coefficient (Wildman–Crippen LogP) is 2.33. The van der Waals surface area contributed by atoms with Crippen LogP contribution in [0.3, 0.4) is 0 Å². The Labute approximate surface area is 208 Å². The number of ether oxygens (including phenoxy) is 2. The monoisotopic (exact) mass is 489 g/mol. The van der Waals surface area contributed by atoms with Crippen molar-refractivity contribution in [3.05, 3.63) is 42.4 Å². The molecule has 3 heterocycles. The normalized spacial score (nSPS) is 10.7. The molecule has 0 bridgehead atoms. The van der Waals surface area contributed by atoms with Gasteiger partial charge in [-0.1, -0.05) is 0 Å². The molecule has 11 heteroatoms. The Hall–Kier alpha value is -4.77. The van der Waals surface area contributed by atoms with E-state index in [9.17, 15) is 14.9 Å². The van der Waals surface area contributed by atoms with Gasteiger partial charge in [0.25, 0.3) is 5.91 Å². The van der Waals surface area contributed by atoms with E-state index < -0.39 is 17.6 Å². The van der Waals surface area contributed by atoms with Gasteiger partial charge in [-0.25, -0.2) is 14.3 Å². The molecule has 0 aliphatic rings. The van der Waals surface area contributed by atoms with Crippen molar-refractivity contribution in [2.45, 2.75) is 26.4 Å². The number of alkyl carbamates (subject to hydrolysis) is 1. The van der Waals surface area contributed by atoms with Gasteiger partial charge in [-0.15, -0.1) is 6.42 Å². The molecule has 0 atom stereocenters. The Kier molecular flexibility index (Phi) is 8.31.